The lowest BCUT2D eigenvalue weighted by atomic mass is 10.1. The first-order chi connectivity index (χ1) is 9.63. The van der Waals surface area contributed by atoms with Crippen molar-refractivity contribution in [1.82, 2.24) is 5.32 Å². The molecule has 0 aliphatic rings. The number of rotatable bonds is 5. The highest BCUT2D eigenvalue weighted by atomic mass is 79.9. The van der Waals surface area contributed by atoms with E-state index in [1.54, 1.807) is 0 Å². The molecule has 2 aromatic rings. The van der Waals surface area contributed by atoms with Crippen molar-refractivity contribution in [2.24, 2.45) is 0 Å². The molecule has 0 radical (unpaired) electrons. The van der Waals surface area contributed by atoms with Gasteiger partial charge in [-0.3, -0.25) is 0 Å². The summed E-state index contributed by atoms with van der Waals surface area (Å²) in [7, 11) is 2.13. The van der Waals surface area contributed by atoms with Crippen LogP contribution in [0.2, 0.25) is 0 Å². The van der Waals surface area contributed by atoms with Gasteiger partial charge >= 0.3 is 0 Å². The Balaban J connectivity index is 2.38. The van der Waals surface area contributed by atoms with E-state index in [2.05, 4.69) is 89.5 Å². The van der Waals surface area contributed by atoms with Crippen molar-refractivity contribution in [3.05, 3.63) is 58.1 Å². The number of halogens is 1. The van der Waals surface area contributed by atoms with E-state index in [4.69, 9.17) is 0 Å². The Morgan fingerprint density at radius 1 is 1.10 bits per heavy atom. The SMILES string of the molecule is CCNCc1cc(Br)ccc1N(C)c1ccccc1C. The summed E-state index contributed by atoms with van der Waals surface area (Å²) in [6, 6.07) is 14.9. The van der Waals surface area contributed by atoms with Crippen LogP contribution >= 0.6 is 15.9 Å². The van der Waals surface area contributed by atoms with Crippen LogP contribution in [-0.2, 0) is 6.54 Å². The lowest BCUT2D eigenvalue weighted by Gasteiger charge is -2.24. The average Bonchev–Trinajstić information content (AvgIpc) is 2.45. The van der Waals surface area contributed by atoms with Crippen molar-refractivity contribution in [3.63, 3.8) is 0 Å². The standard InChI is InChI=1S/C17H21BrN2/c1-4-19-12-14-11-15(18)9-10-17(14)20(3)16-8-6-5-7-13(16)2/h5-11,19H,4,12H2,1-3H3. The fourth-order valence-electron chi connectivity index (χ4n) is 2.35. The molecule has 0 fully saturated rings. The quantitative estimate of drug-likeness (QED) is 0.858. The minimum absolute atomic E-state index is 0.876. The molecular weight excluding hydrogens is 312 g/mol. The van der Waals surface area contributed by atoms with E-state index in [-0.39, 0.29) is 0 Å². The van der Waals surface area contributed by atoms with Gasteiger partial charge in [0.15, 0.2) is 0 Å². The molecule has 0 atom stereocenters. The van der Waals surface area contributed by atoms with Gasteiger partial charge in [0.25, 0.3) is 0 Å². The Hall–Kier alpha value is -1.32. The van der Waals surface area contributed by atoms with E-state index in [1.807, 2.05) is 0 Å². The van der Waals surface area contributed by atoms with Crippen LogP contribution in [0.4, 0.5) is 11.4 Å². The number of anilines is 2. The maximum Gasteiger partial charge on any atom is 0.0454 e. The van der Waals surface area contributed by atoms with Crippen LogP contribution in [0.1, 0.15) is 18.1 Å². The van der Waals surface area contributed by atoms with Crippen molar-refractivity contribution >= 4 is 27.3 Å². The summed E-state index contributed by atoms with van der Waals surface area (Å²) in [4.78, 5) is 2.26. The van der Waals surface area contributed by atoms with E-state index < -0.39 is 0 Å². The molecule has 0 aliphatic carbocycles. The van der Waals surface area contributed by atoms with Gasteiger partial charge in [-0.1, -0.05) is 41.1 Å². The second kappa shape index (κ2) is 6.91. The Kier molecular flexibility index (Phi) is 5.21. The van der Waals surface area contributed by atoms with E-state index in [1.165, 1.54) is 22.5 Å². The Bertz CT molecular complexity index is 581. The average molecular weight is 333 g/mol. The third-order valence-corrected chi connectivity index (χ3v) is 3.94. The van der Waals surface area contributed by atoms with E-state index in [0.29, 0.717) is 0 Å². The summed E-state index contributed by atoms with van der Waals surface area (Å²) >= 11 is 3.56. The molecule has 3 heteroatoms. The first-order valence-corrected chi connectivity index (χ1v) is 7.71. The van der Waals surface area contributed by atoms with Gasteiger partial charge < -0.3 is 10.2 Å². The smallest absolute Gasteiger partial charge is 0.0454 e. The number of benzene rings is 2. The molecule has 2 rings (SSSR count). The fourth-order valence-corrected chi connectivity index (χ4v) is 2.76. The number of nitrogens with zero attached hydrogens (tertiary/aromatic N) is 1. The zero-order chi connectivity index (χ0) is 14.5. The molecule has 0 bridgehead atoms. The molecule has 2 nitrogen and oxygen atoms in total. The summed E-state index contributed by atoms with van der Waals surface area (Å²) in [5.74, 6) is 0. The minimum Gasteiger partial charge on any atom is -0.344 e. The predicted octanol–water partition coefficient (Wildman–Crippen LogP) is 4.63. The molecule has 20 heavy (non-hydrogen) atoms. The Morgan fingerprint density at radius 2 is 1.85 bits per heavy atom. The third kappa shape index (κ3) is 3.41. The second-order valence-electron chi connectivity index (χ2n) is 4.90. The Labute approximate surface area is 129 Å². The van der Waals surface area contributed by atoms with Gasteiger partial charge in [-0.15, -0.1) is 0 Å². The van der Waals surface area contributed by atoms with E-state index >= 15 is 0 Å². The number of hydrogen-bond acceptors (Lipinski definition) is 2. The molecular formula is C17H21BrN2. The van der Waals surface area contributed by atoms with Crippen molar-refractivity contribution in [3.8, 4) is 0 Å². The monoisotopic (exact) mass is 332 g/mol. The zero-order valence-electron chi connectivity index (χ0n) is 12.3. The molecule has 0 amide bonds. The van der Waals surface area contributed by atoms with Gasteiger partial charge in [0, 0.05) is 29.4 Å². The van der Waals surface area contributed by atoms with Gasteiger partial charge in [-0.05, 0) is 48.9 Å². The molecule has 0 heterocycles. The molecule has 0 aromatic heterocycles. The largest absolute Gasteiger partial charge is 0.344 e. The maximum atomic E-state index is 3.56. The summed E-state index contributed by atoms with van der Waals surface area (Å²) in [6.45, 7) is 6.12. The number of para-hydroxylation sites is 1. The lowest BCUT2D eigenvalue weighted by molar-refractivity contribution is 0.726. The summed E-state index contributed by atoms with van der Waals surface area (Å²) < 4.78 is 1.12. The first kappa shape index (κ1) is 15.1. The van der Waals surface area contributed by atoms with Gasteiger partial charge in [-0.25, -0.2) is 0 Å². The van der Waals surface area contributed by atoms with Crippen molar-refractivity contribution < 1.29 is 0 Å². The zero-order valence-corrected chi connectivity index (χ0v) is 13.9. The normalized spacial score (nSPS) is 10.6. The number of nitrogens with one attached hydrogen (secondary N) is 1. The van der Waals surface area contributed by atoms with Crippen molar-refractivity contribution in [1.29, 1.82) is 0 Å². The van der Waals surface area contributed by atoms with Crippen LogP contribution < -0.4 is 10.2 Å². The molecule has 1 N–H and O–H groups in total. The first-order valence-electron chi connectivity index (χ1n) is 6.92. The van der Waals surface area contributed by atoms with Crippen molar-refractivity contribution in [2.75, 3.05) is 18.5 Å². The van der Waals surface area contributed by atoms with Crippen LogP contribution in [0.3, 0.4) is 0 Å². The molecule has 0 aliphatic heterocycles. The van der Waals surface area contributed by atoms with Crippen LogP contribution in [0.25, 0.3) is 0 Å². The molecule has 0 saturated heterocycles. The van der Waals surface area contributed by atoms with Crippen LogP contribution in [0, 0.1) is 6.92 Å². The van der Waals surface area contributed by atoms with Crippen LogP contribution in [-0.4, -0.2) is 13.6 Å². The second-order valence-corrected chi connectivity index (χ2v) is 5.81. The van der Waals surface area contributed by atoms with E-state index in [0.717, 1.165) is 17.6 Å². The maximum absolute atomic E-state index is 3.56. The van der Waals surface area contributed by atoms with Crippen molar-refractivity contribution in [2.45, 2.75) is 20.4 Å². The molecule has 106 valence electrons. The summed E-state index contributed by atoms with van der Waals surface area (Å²) in [5, 5.41) is 3.41. The molecule has 0 saturated carbocycles. The topological polar surface area (TPSA) is 15.3 Å². The summed E-state index contributed by atoms with van der Waals surface area (Å²) in [5.41, 5.74) is 5.07. The highest BCUT2D eigenvalue weighted by Gasteiger charge is 2.11. The Morgan fingerprint density at radius 3 is 2.55 bits per heavy atom. The highest BCUT2D eigenvalue weighted by Crippen LogP contribution is 2.31. The molecule has 0 unspecified atom stereocenters. The van der Waals surface area contributed by atoms with Gasteiger partial charge in [0.05, 0.1) is 0 Å². The van der Waals surface area contributed by atoms with Crippen LogP contribution in [0.5, 0.6) is 0 Å². The van der Waals surface area contributed by atoms with E-state index in [9.17, 15) is 0 Å². The molecule has 0 spiro atoms. The third-order valence-electron chi connectivity index (χ3n) is 3.45. The minimum atomic E-state index is 0.876. The van der Waals surface area contributed by atoms with Gasteiger partial charge in [-0.2, -0.15) is 0 Å². The number of hydrogen-bond donors (Lipinski definition) is 1. The van der Waals surface area contributed by atoms with Crippen LogP contribution in [0.15, 0.2) is 46.9 Å². The molecule has 2 aromatic carbocycles. The van der Waals surface area contributed by atoms with Gasteiger partial charge in [0.1, 0.15) is 0 Å². The summed E-state index contributed by atoms with van der Waals surface area (Å²) in [6.07, 6.45) is 0. The van der Waals surface area contributed by atoms with Gasteiger partial charge in [0.2, 0.25) is 0 Å². The highest BCUT2D eigenvalue weighted by molar-refractivity contribution is 9.10. The predicted molar refractivity (Wildman–Crippen MR) is 90.8 cm³/mol. The fraction of sp³-hybridized carbons (Fsp3) is 0.294. The lowest BCUT2D eigenvalue weighted by Crippen LogP contribution is -2.17. The number of aryl methyl sites for hydroxylation is 1.